The fourth-order valence-corrected chi connectivity index (χ4v) is 2.95. The summed E-state index contributed by atoms with van der Waals surface area (Å²) >= 11 is 10.4. The van der Waals surface area contributed by atoms with Gasteiger partial charge in [-0.3, -0.25) is 4.79 Å². The van der Waals surface area contributed by atoms with Crippen molar-refractivity contribution in [2.24, 2.45) is 4.99 Å². The van der Waals surface area contributed by atoms with Crippen LogP contribution in [0.15, 0.2) is 45.4 Å². The largest absolute Gasteiger partial charge is 0.451 e. The van der Waals surface area contributed by atoms with Gasteiger partial charge in [0.25, 0.3) is 5.91 Å². The predicted molar refractivity (Wildman–Crippen MR) is 98.3 cm³/mol. The molecular formula is C14H7ClI2N2O2. The molecule has 0 radical (unpaired) electrons. The van der Waals surface area contributed by atoms with E-state index < -0.39 is 0 Å². The smallest absolute Gasteiger partial charge is 0.275 e. The van der Waals surface area contributed by atoms with E-state index in [9.17, 15) is 4.79 Å². The van der Waals surface area contributed by atoms with Crippen molar-refractivity contribution in [1.82, 2.24) is 5.32 Å². The molecule has 0 spiro atoms. The quantitative estimate of drug-likeness (QED) is 0.476. The Kier molecular flexibility index (Phi) is 4.36. The SMILES string of the molecule is O=C1NC(c2cc(I)ccc2Cl)=NC1=Cc1ccc(I)o1. The van der Waals surface area contributed by atoms with Gasteiger partial charge in [-0.05, 0) is 75.5 Å². The van der Waals surface area contributed by atoms with Crippen molar-refractivity contribution in [3.8, 4) is 0 Å². The van der Waals surface area contributed by atoms with Gasteiger partial charge >= 0.3 is 0 Å². The molecule has 2 aromatic rings. The zero-order valence-electron chi connectivity index (χ0n) is 10.4. The van der Waals surface area contributed by atoms with Crippen LogP contribution in [-0.2, 0) is 4.79 Å². The Morgan fingerprint density at radius 1 is 1.24 bits per heavy atom. The van der Waals surface area contributed by atoms with Crippen molar-refractivity contribution < 1.29 is 9.21 Å². The number of carbonyl (C=O) groups excluding carboxylic acids is 1. The van der Waals surface area contributed by atoms with Crippen LogP contribution in [-0.4, -0.2) is 11.7 Å². The molecule has 0 fully saturated rings. The first kappa shape index (κ1) is 15.0. The third-order valence-corrected chi connectivity index (χ3v) is 4.33. The Morgan fingerprint density at radius 3 is 2.76 bits per heavy atom. The van der Waals surface area contributed by atoms with E-state index in [-0.39, 0.29) is 5.91 Å². The van der Waals surface area contributed by atoms with E-state index in [4.69, 9.17) is 16.0 Å². The fourth-order valence-electron chi connectivity index (χ4n) is 1.82. The van der Waals surface area contributed by atoms with Gasteiger partial charge in [0.15, 0.2) is 3.77 Å². The van der Waals surface area contributed by atoms with Crippen LogP contribution in [0.25, 0.3) is 6.08 Å². The van der Waals surface area contributed by atoms with Gasteiger partial charge in [-0.1, -0.05) is 11.6 Å². The molecule has 0 aliphatic carbocycles. The number of halogens is 3. The van der Waals surface area contributed by atoms with Gasteiger partial charge in [-0.25, -0.2) is 4.99 Å². The summed E-state index contributed by atoms with van der Waals surface area (Å²) in [6, 6.07) is 9.16. The molecule has 0 unspecified atom stereocenters. The van der Waals surface area contributed by atoms with Crippen molar-refractivity contribution in [3.05, 3.63) is 59.7 Å². The van der Waals surface area contributed by atoms with E-state index in [1.165, 1.54) is 0 Å². The van der Waals surface area contributed by atoms with Crippen molar-refractivity contribution in [3.63, 3.8) is 0 Å². The highest BCUT2D eigenvalue weighted by atomic mass is 127. The molecule has 0 bridgehead atoms. The van der Waals surface area contributed by atoms with Gasteiger partial charge in [0.05, 0.1) is 5.02 Å². The van der Waals surface area contributed by atoms with Crippen LogP contribution >= 0.6 is 56.8 Å². The zero-order chi connectivity index (χ0) is 15.0. The second kappa shape index (κ2) is 6.09. The maximum Gasteiger partial charge on any atom is 0.275 e. The Bertz CT molecular complexity index is 796. The standard InChI is InChI=1S/C14H7ClI2N2O2/c15-10-3-1-7(16)5-9(10)13-18-11(14(20)19-13)6-8-2-4-12(17)21-8/h1-6H,(H,18,19,20). The molecule has 0 saturated heterocycles. The molecule has 0 saturated carbocycles. The maximum atomic E-state index is 12.0. The number of nitrogens with one attached hydrogen (secondary N) is 1. The van der Waals surface area contributed by atoms with E-state index in [1.54, 1.807) is 18.2 Å². The summed E-state index contributed by atoms with van der Waals surface area (Å²) in [6.45, 7) is 0. The Labute approximate surface area is 152 Å². The summed E-state index contributed by atoms with van der Waals surface area (Å²) in [4.78, 5) is 16.3. The summed E-state index contributed by atoms with van der Waals surface area (Å²) in [6.07, 6.45) is 1.60. The Balaban J connectivity index is 1.99. The monoisotopic (exact) mass is 524 g/mol. The lowest BCUT2D eigenvalue weighted by Crippen LogP contribution is -2.25. The normalized spacial score (nSPS) is 16.2. The molecule has 0 atom stereocenters. The second-order valence-electron chi connectivity index (χ2n) is 4.21. The summed E-state index contributed by atoms with van der Waals surface area (Å²) in [5.41, 5.74) is 1.00. The first-order valence-corrected chi connectivity index (χ1v) is 8.39. The molecule has 21 heavy (non-hydrogen) atoms. The molecule has 3 rings (SSSR count). The third kappa shape index (κ3) is 3.32. The molecule has 1 aliphatic heterocycles. The highest BCUT2D eigenvalue weighted by molar-refractivity contribution is 14.1. The van der Waals surface area contributed by atoms with Crippen LogP contribution in [0.4, 0.5) is 0 Å². The van der Waals surface area contributed by atoms with Crippen molar-refractivity contribution in [1.29, 1.82) is 0 Å². The van der Waals surface area contributed by atoms with Crippen LogP contribution in [0, 0.1) is 7.34 Å². The number of nitrogens with zero attached hydrogens (tertiary/aromatic N) is 1. The van der Waals surface area contributed by atoms with Crippen LogP contribution < -0.4 is 5.32 Å². The van der Waals surface area contributed by atoms with Gasteiger partial charge in [0, 0.05) is 15.2 Å². The summed E-state index contributed by atoms with van der Waals surface area (Å²) in [5, 5.41) is 3.27. The molecule has 1 aromatic carbocycles. The molecule has 1 N–H and O–H groups in total. The van der Waals surface area contributed by atoms with Crippen molar-refractivity contribution >= 4 is 74.6 Å². The van der Waals surface area contributed by atoms with E-state index in [1.807, 2.05) is 18.2 Å². The number of amidine groups is 1. The summed E-state index contributed by atoms with van der Waals surface area (Å²) in [5.74, 6) is 0.769. The van der Waals surface area contributed by atoms with E-state index >= 15 is 0 Å². The lowest BCUT2D eigenvalue weighted by atomic mass is 10.2. The van der Waals surface area contributed by atoms with Gasteiger partial charge in [-0.2, -0.15) is 0 Å². The molecule has 1 amide bonds. The highest BCUT2D eigenvalue weighted by Crippen LogP contribution is 2.23. The average Bonchev–Trinajstić information content (AvgIpc) is 3.00. The second-order valence-corrected chi connectivity index (χ2v) is 6.93. The number of amides is 1. The molecule has 1 aromatic heterocycles. The number of benzene rings is 1. The fraction of sp³-hybridized carbons (Fsp3) is 0. The molecule has 106 valence electrons. The Morgan fingerprint density at radius 2 is 2.05 bits per heavy atom. The van der Waals surface area contributed by atoms with Crippen LogP contribution in [0.2, 0.25) is 5.02 Å². The number of hydrogen-bond donors (Lipinski definition) is 1. The minimum Gasteiger partial charge on any atom is -0.451 e. The van der Waals surface area contributed by atoms with Gasteiger partial charge < -0.3 is 9.73 Å². The molecule has 2 heterocycles. The average molecular weight is 524 g/mol. The number of rotatable bonds is 2. The molecule has 4 nitrogen and oxygen atoms in total. The summed E-state index contributed by atoms with van der Waals surface area (Å²) < 4.78 is 7.18. The van der Waals surface area contributed by atoms with E-state index in [2.05, 4.69) is 55.5 Å². The first-order valence-electron chi connectivity index (χ1n) is 5.85. The number of hydrogen-bond acceptors (Lipinski definition) is 3. The predicted octanol–water partition coefficient (Wildman–Crippen LogP) is 4.06. The first-order chi connectivity index (χ1) is 10.0. The number of carbonyl (C=O) groups is 1. The molecular weight excluding hydrogens is 517 g/mol. The van der Waals surface area contributed by atoms with Crippen LogP contribution in [0.1, 0.15) is 11.3 Å². The minimum atomic E-state index is -0.272. The topological polar surface area (TPSA) is 54.6 Å². The van der Waals surface area contributed by atoms with Gasteiger partial charge in [-0.15, -0.1) is 0 Å². The van der Waals surface area contributed by atoms with E-state index in [0.717, 1.165) is 7.34 Å². The van der Waals surface area contributed by atoms with Crippen LogP contribution in [0.3, 0.4) is 0 Å². The zero-order valence-corrected chi connectivity index (χ0v) is 15.4. The molecule has 1 aliphatic rings. The number of aliphatic imine (C=N–C) groups is 1. The van der Waals surface area contributed by atoms with Gasteiger partial charge in [0.2, 0.25) is 0 Å². The van der Waals surface area contributed by atoms with Crippen LogP contribution in [0.5, 0.6) is 0 Å². The van der Waals surface area contributed by atoms with Crippen molar-refractivity contribution in [2.75, 3.05) is 0 Å². The number of furan rings is 1. The van der Waals surface area contributed by atoms with Gasteiger partial charge in [0.1, 0.15) is 17.3 Å². The lowest BCUT2D eigenvalue weighted by Gasteiger charge is -2.03. The van der Waals surface area contributed by atoms with Crippen molar-refractivity contribution in [2.45, 2.75) is 0 Å². The summed E-state index contributed by atoms with van der Waals surface area (Å²) in [7, 11) is 0. The Hall–Kier alpha value is -0.870. The molecule has 7 heteroatoms. The van der Waals surface area contributed by atoms with E-state index in [0.29, 0.717) is 27.9 Å². The third-order valence-electron chi connectivity index (χ3n) is 2.75. The minimum absolute atomic E-state index is 0.272. The lowest BCUT2D eigenvalue weighted by molar-refractivity contribution is -0.115. The maximum absolute atomic E-state index is 12.0. The highest BCUT2D eigenvalue weighted by Gasteiger charge is 2.23.